The average Bonchev–Trinajstić information content (AvgIpc) is 2.39. The molecule has 0 spiro atoms. The summed E-state index contributed by atoms with van der Waals surface area (Å²) in [5.74, 6) is -0.304. The number of likely N-dealkylation sites (tertiary alicyclic amines) is 1. The third-order valence-corrected chi connectivity index (χ3v) is 3.33. The number of nitrogens with zero attached hydrogens (tertiary/aromatic N) is 1. The highest BCUT2D eigenvalue weighted by Gasteiger charge is 2.23. The van der Waals surface area contributed by atoms with Gasteiger partial charge in [-0.3, -0.25) is 4.79 Å². The number of carbonyl (C=O) groups excluding carboxylic acids is 1. The number of benzene rings is 1. The Morgan fingerprint density at radius 3 is 2.83 bits per heavy atom. The summed E-state index contributed by atoms with van der Waals surface area (Å²) in [5, 5.41) is 12.9. The van der Waals surface area contributed by atoms with Crippen LogP contribution in [0, 0.1) is 0 Å². The van der Waals surface area contributed by atoms with E-state index >= 15 is 0 Å². The van der Waals surface area contributed by atoms with Gasteiger partial charge in [-0.1, -0.05) is 30.3 Å². The summed E-state index contributed by atoms with van der Waals surface area (Å²) in [4.78, 5) is 14.1. The fourth-order valence-corrected chi connectivity index (χ4v) is 2.35. The maximum absolute atomic E-state index is 11.9. The minimum atomic E-state index is -1.07. The first-order valence-corrected chi connectivity index (χ1v) is 6.39. The second-order valence-corrected chi connectivity index (χ2v) is 4.92. The summed E-state index contributed by atoms with van der Waals surface area (Å²) in [7, 11) is 2.05. The van der Waals surface area contributed by atoms with E-state index in [0.717, 1.165) is 25.9 Å². The van der Waals surface area contributed by atoms with E-state index in [4.69, 9.17) is 0 Å². The molecule has 0 bridgehead atoms. The van der Waals surface area contributed by atoms with Gasteiger partial charge in [0, 0.05) is 12.6 Å². The predicted octanol–water partition coefficient (Wildman–Crippen LogP) is 0.930. The maximum Gasteiger partial charge on any atom is 0.253 e. The van der Waals surface area contributed by atoms with Gasteiger partial charge >= 0.3 is 0 Å². The molecule has 1 aromatic rings. The van der Waals surface area contributed by atoms with Gasteiger partial charge in [-0.15, -0.1) is 0 Å². The lowest BCUT2D eigenvalue weighted by atomic mass is 10.0. The molecule has 1 aliphatic heterocycles. The van der Waals surface area contributed by atoms with Crippen LogP contribution in [0.5, 0.6) is 0 Å². The number of aliphatic hydroxyl groups is 1. The molecule has 1 amide bonds. The first-order valence-electron chi connectivity index (χ1n) is 6.39. The van der Waals surface area contributed by atoms with Crippen molar-refractivity contribution in [2.75, 3.05) is 20.1 Å². The first kappa shape index (κ1) is 13.1. The van der Waals surface area contributed by atoms with Crippen molar-refractivity contribution in [3.8, 4) is 0 Å². The molecule has 1 aromatic carbocycles. The summed E-state index contributed by atoms with van der Waals surface area (Å²) in [5.41, 5.74) is 0.638. The number of likely N-dealkylation sites (N-methyl/N-ethyl adjacent to an activating group) is 1. The summed E-state index contributed by atoms with van der Waals surface area (Å²) >= 11 is 0. The normalized spacial score (nSPS) is 22.4. The van der Waals surface area contributed by atoms with Crippen LogP contribution in [0.15, 0.2) is 30.3 Å². The molecular weight excluding hydrogens is 228 g/mol. The molecule has 1 aliphatic rings. The molecule has 1 fully saturated rings. The second-order valence-electron chi connectivity index (χ2n) is 4.92. The van der Waals surface area contributed by atoms with Crippen LogP contribution in [-0.4, -0.2) is 42.1 Å². The molecular formula is C14H20N2O2. The molecule has 0 aromatic heterocycles. The number of amides is 1. The Labute approximate surface area is 108 Å². The van der Waals surface area contributed by atoms with Gasteiger partial charge in [0.05, 0.1) is 0 Å². The van der Waals surface area contributed by atoms with Crippen molar-refractivity contribution in [3.63, 3.8) is 0 Å². The topological polar surface area (TPSA) is 52.6 Å². The monoisotopic (exact) mass is 248 g/mol. The van der Waals surface area contributed by atoms with E-state index in [1.807, 2.05) is 25.2 Å². The van der Waals surface area contributed by atoms with Crippen molar-refractivity contribution < 1.29 is 9.90 Å². The Balaban J connectivity index is 1.91. The number of carbonyl (C=O) groups is 1. The molecule has 4 nitrogen and oxygen atoms in total. The van der Waals surface area contributed by atoms with Crippen LogP contribution in [-0.2, 0) is 4.79 Å². The van der Waals surface area contributed by atoms with Gasteiger partial charge in [0.1, 0.15) is 0 Å². The minimum absolute atomic E-state index is 0.148. The molecule has 2 N–H and O–H groups in total. The molecule has 0 unspecified atom stereocenters. The molecule has 0 aliphatic carbocycles. The predicted molar refractivity (Wildman–Crippen MR) is 70.1 cm³/mol. The minimum Gasteiger partial charge on any atom is -0.378 e. The molecule has 98 valence electrons. The fraction of sp³-hybridized carbons (Fsp3) is 0.500. The van der Waals surface area contributed by atoms with E-state index < -0.39 is 6.10 Å². The molecule has 0 saturated carbocycles. The van der Waals surface area contributed by atoms with Gasteiger partial charge in [-0.05, 0) is 32.0 Å². The lowest BCUT2D eigenvalue weighted by molar-refractivity contribution is -0.130. The quantitative estimate of drug-likeness (QED) is 0.836. The molecule has 1 saturated heterocycles. The number of hydrogen-bond donors (Lipinski definition) is 2. The second kappa shape index (κ2) is 5.98. The van der Waals surface area contributed by atoms with Crippen LogP contribution in [0.2, 0.25) is 0 Å². The van der Waals surface area contributed by atoms with Crippen LogP contribution in [0.3, 0.4) is 0 Å². The molecule has 4 heteroatoms. The zero-order valence-corrected chi connectivity index (χ0v) is 10.7. The SMILES string of the molecule is CN1CCC[C@H](NC(=O)[C@H](O)c2ccccc2)C1. The third-order valence-electron chi connectivity index (χ3n) is 3.33. The van der Waals surface area contributed by atoms with Crippen molar-refractivity contribution >= 4 is 5.91 Å². The summed E-state index contributed by atoms with van der Waals surface area (Å²) < 4.78 is 0. The zero-order chi connectivity index (χ0) is 13.0. The number of piperidine rings is 1. The van der Waals surface area contributed by atoms with E-state index in [9.17, 15) is 9.90 Å². The van der Waals surface area contributed by atoms with Crippen molar-refractivity contribution in [1.29, 1.82) is 0 Å². The summed E-state index contributed by atoms with van der Waals surface area (Å²) in [6.07, 6.45) is 0.999. The van der Waals surface area contributed by atoms with Crippen LogP contribution in [0.1, 0.15) is 24.5 Å². The standard InChI is InChI=1S/C14H20N2O2/c1-16-9-5-8-12(10-16)15-14(18)13(17)11-6-3-2-4-7-11/h2-4,6-7,12-13,17H,5,8-10H2,1H3,(H,15,18)/t12-,13+/m0/s1. The van der Waals surface area contributed by atoms with Crippen molar-refractivity contribution in [3.05, 3.63) is 35.9 Å². The van der Waals surface area contributed by atoms with Gasteiger partial charge in [0.2, 0.25) is 0 Å². The van der Waals surface area contributed by atoms with Gasteiger partial charge in [0.15, 0.2) is 6.10 Å². The lowest BCUT2D eigenvalue weighted by Gasteiger charge is -2.30. The fourth-order valence-electron chi connectivity index (χ4n) is 2.35. The lowest BCUT2D eigenvalue weighted by Crippen LogP contribution is -2.47. The highest BCUT2D eigenvalue weighted by Crippen LogP contribution is 2.14. The van der Waals surface area contributed by atoms with E-state index in [0.29, 0.717) is 5.56 Å². The number of aliphatic hydroxyl groups excluding tert-OH is 1. The smallest absolute Gasteiger partial charge is 0.253 e. The Morgan fingerprint density at radius 1 is 1.44 bits per heavy atom. The Kier molecular flexibility index (Phi) is 4.33. The number of nitrogens with one attached hydrogen (secondary N) is 1. The Bertz CT molecular complexity index is 394. The van der Waals surface area contributed by atoms with E-state index in [1.54, 1.807) is 12.1 Å². The molecule has 1 heterocycles. The van der Waals surface area contributed by atoms with Crippen molar-refractivity contribution in [1.82, 2.24) is 10.2 Å². The summed E-state index contributed by atoms with van der Waals surface area (Å²) in [6, 6.07) is 9.17. The number of rotatable bonds is 3. The Hall–Kier alpha value is -1.39. The van der Waals surface area contributed by atoms with Crippen molar-refractivity contribution in [2.45, 2.75) is 25.0 Å². The molecule has 18 heavy (non-hydrogen) atoms. The summed E-state index contributed by atoms with van der Waals surface area (Å²) in [6.45, 7) is 1.93. The number of hydrogen-bond acceptors (Lipinski definition) is 3. The van der Waals surface area contributed by atoms with Gasteiger partial charge in [0.25, 0.3) is 5.91 Å². The maximum atomic E-state index is 11.9. The first-order chi connectivity index (χ1) is 8.66. The van der Waals surface area contributed by atoms with Gasteiger partial charge in [-0.25, -0.2) is 0 Å². The van der Waals surface area contributed by atoms with Crippen molar-refractivity contribution in [2.24, 2.45) is 0 Å². The van der Waals surface area contributed by atoms with E-state index in [1.165, 1.54) is 0 Å². The van der Waals surface area contributed by atoms with Gasteiger partial charge < -0.3 is 15.3 Å². The van der Waals surface area contributed by atoms with Crippen LogP contribution >= 0.6 is 0 Å². The zero-order valence-electron chi connectivity index (χ0n) is 10.7. The third kappa shape index (κ3) is 3.31. The molecule has 2 rings (SSSR count). The van der Waals surface area contributed by atoms with Crippen LogP contribution < -0.4 is 5.32 Å². The van der Waals surface area contributed by atoms with E-state index in [-0.39, 0.29) is 11.9 Å². The highest BCUT2D eigenvalue weighted by molar-refractivity contribution is 5.82. The van der Waals surface area contributed by atoms with Gasteiger partial charge in [-0.2, -0.15) is 0 Å². The van der Waals surface area contributed by atoms with E-state index in [2.05, 4.69) is 10.2 Å². The largest absolute Gasteiger partial charge is 0.378 e. The average molecular weight is 248 g/mol. The van der Waals surface area contributed by atoms with Crippen LogP contribution in [0.4, 0.5) is 0 Å². The van der Waals surface area contributed by atoms with Crippen LogP contribution in [0.25, 0.3) is 0 Å². The molecule has 0 radical (unpaired) electrons. The molecule has 2 atom stereocenters. The Morgan fingerprint density at radius 2 is 2.17 bits per heavy atom. The highest BCUT2D eigenvalue weighted by atomic mass is 16.3.